The molecule has 2 nitrogen and oxygen atoms in total. The Kier molecular flexibility index (Phi) is 4.74. The number of aliphatic hydroxyl groups is 1. The smallest absolute Gasteiger partial charge is 0.203 e. The lowest BCUT2D eigenvalue weighted by Gasteiger charge is -2.09. The van der Waals surface area contributed by atoms with E-state index >= 15 is 0 Å². The van der Waals surface area contributed by atoms with Gasteiger partial charge in [0.2, 0.25) is 11.6 Å². The molecule has 0 saturated heterocycles. The predicted octanol–water partition coefficient (Wildman–Crippen LogP) is 2.78. The van der Waals surface area contributed by atoms with E-state index in [1.807, 2.05) is 0 Å². The van der Waals surface area contributed by atoms with Gasteiger partial charge in [-0.3, -0.25) is 0 Å². The Labute approximate surface area is 95.8 Å². The minimum absolute atomic E-state index is 0.118. The molecule has 0 radical (unpaired) electrons. The lowest BCUT2D eigenvalue weighted by Crippen LogP contribution is -2.07. The summed E-state index contributed by atoms with van der Waals surface area (Å²) in [5.74, 6) is -7.18. The molecule has 0 amide bonds. The first-order valence-electron chi connectivity index (χ1n) is 5.07. The van der Waals surface area contributed by atoms with Crippen LogP contribution in [0.1, 0.15) is 19.8 Å². The number of halogens is 4. The zero-order valence-electron chi connectivity index (χ0n) is 9.14. The van der Waals surface area contributed by atoms with Gasteiger partial charge in [0, 0.05) is 6.07 Å². The molecule has 1 rings (SSSR count). The summed E-state index contributed by atoms with van der Waals surface area (Å²) in [5, 5.41) is 8.92. The van der Waals surface area contributed by atoms with E-state index in [-0.39, 0.29) is 12.7 Å². The molecule has 1 N–H and O–H groups in total. The van der Waals surface area contributed by atoms with Crippen LogP contribution in [0.25, 0.3) is 0 Å². The number of rotatable bonds is 5. The minimum Gasteiger partial charge on any atom is -0.487 e. The first-order valence-corrected chi connectivity index (χ1v) is 5.07. The van der Waals surface area contributed by atoms with Crippen LogP contribution in [-0.4, -0.2) is 17.8 Å². The van der Waals surface area contributed by atoms with Crippen LogP contribution < -0.4 is 4.74 Å². The van der Waals surface area contributed by atoms with Gasteiger partial charge in [0.1, 0.15) is 0 Å². The van der Waals surface area contributed by atoms with E-state index in [4.69, 9.17) is 5.11 Å². The lowest BCUT2D eigenvalue weighted by molar-refractivity contribution is 0.168. The van der Waals surface area contributed by atoms with Crippen molar-refractivity contribution in [2.75, 3.05) is 6.61 Å². The summed E-state index contributed by atoms with van der Waals surface area (Å²) in [4.78, 5) is 0. The van der Waals surface area contributed by atoms with Crippen molar-refractivity contribution in [3.63, 3.8) is 0 Å². The SMILES string of the molecule is CC(O)CCCOc1c(F)c(F)cc(F)c1F. The monoisotopic (exact) mass is 252 g/mol. The fourth-order valence-electron chi connectivity index (χ4n) is 1.23. The molecule has 0 saturated carbocycles. The molecule has 1 aromatic rings. The molecule has 1 atom stereocenters. The van der Waals surface area contributed by atoms with Gasteiger partial charge in [0.05, 0.1) is 12.7 Å². The van der Waals surface area contributed by atoms with Gasteiger partial charge in [-0.05, 0) is 19.8 Å². The molecule has 0 aromatic heterocycles. The zero-order chi connectivity index (χ0) is 13.0. The average molecular weight is 252 g/mol. The van der Waals surface area contributed by atoms with E-state index in [2.05, 4.69) is 4.74 Å². The topological polar surface area (TPSA) is 29.5 Å². The molecule has 0 spiro atoms. The average Bonchev–Trinajstić information content (AvgIpc) is 2.25. The van der Waals surface area contributed by atoms with Crippen LogP contribution in [0, 0.1) is 23.3 Å². The maximum absolute atomic E-state index is 13.1. The zero-order valence-corrected chi connectivity index (χ0v) is 9.14. The van der Waals surface area contributed by atoms with E-state index in [9.17, 15) is 17.6 Å². The predicted molar refractivity (Wildman–Crippen MR) is 52.7 cm³/mol. The van der Waals surface area contributed by atoms with Crippen LogP contribution in [0.5, 0.6) is 5.75 Å². The fourth-order valence-corrected chi connectivity index (χ4v) is 1.23. The van der Waals surface area contributed by atoms with Gasteiger partial charge in [0.15, 0.2) is 17.4 Å². The third-order valence-corrected chi connectivity index (χ3v) is 2.08. The van der Waals surface area contributed by atoms with E-state index in [1.54, 1.807) is 6.92 Å². The Bertz CT molecular complexity index is 367. The van der Waals surface area contributed by atoms with E-state index < -0.39 is 35.1 Å². The molecular weight excluding hydrogens is 240 g/mol. The van der Waals surface area contributed by atoms with Crippen LogP contribution in [0.2, 0.25) is 0 Å². The molecular formula is C11H12F4O2. The van der Waals surface area contributed by atoms with Crippen molar-refractivity contribution in [2.45, 2.75) is 25.9 Å². The normalized spacial score (nSPS) is 12.6. The van der Waals surface area contributed by atoms with Gasteiger partial charge in [-0.15, -0.1) is 0 Å². The summed E-state index contributed by atoms with van der Waals surface area (Å²) in [6, 6.07) is 0.118. The van der Waals surface area contributed by atoms with Crippen LogP contribution in [0.15, 0.2) is 6.07 Å². The Morgan fingerprint density at radius 3 is 2.18 bits per heavy atom. The quantitative estimate of drug-likeness (QED) is 0.496. The van der Waals surface area contributed by atoms with Gasteiger partial charge in [-0.25, -0.2) is 8.78 Å². The van der Waals surface area contributed by atoms with Gasteiger partial charge < -0.3 is 9.84 Å². The third kappa shape index (κ3) is 3.59. The molecule has 6 heteroatoms. The van der Waals surface area contributed by atoms with E-state index in [0.717, 1.165) is 0 Å². The van der Waals surface area contributed by atoms with Crippen LogP contribution in [0.4, 0.5) is 17.6 Å². The second kappa shape index (κ2) is 5.86. The third-order valence-electron chi connectivity index (χ3n) is 2.08. The highest BCUT2D eigenvalue weighted by Crippen LogP contribution is 2.26. The van der Waals surface area contributed by atoms with Crippen molar-refractivity contribution in [1.82, 2.24) is 0 Å². The van der Waals surface area contributed by atoms with Gasteiger partial charge in [-0.1, -0.05) is 0 Å². The van der Waals surface area contributed by atoms with Crippen LogP contribution >= 0.6 is 0 Å². The Hall–Kier alpha value is -1.30. The summed E-state index contributed by atoms with van der Waals surface area (Å²) in [6.07, 6.45) is 0.105. The summed E-state index contributed by atoms with van der Waals surface area (Å²) < 4.78 is 56.3. The largest absolute Gasteiger partial charge is 0.487 e. The van der Waals surface area contributed by atoms with E-state index in [1.165, 1.54) is 0 Å². The Morgan fingerprint density at radius 2 is 1.71 bits per heavy atom. The number of hydrogen-bond acceptors (Lipinski definition) is 2. The first-order chi connectivity index (χ1) is 7.93. The standard InChI is InChI=1S/C11H12F4O2/c1-6(16)3-2-4-17-11-9(14)7(12)5-8(13)10(11)15/h5-6,16H,2-4H2,1H3. The summed E-state index contributed by atoms with van der Waals surface area (Å²) in [7, 11) is 0. The molecule has 0 aliphatic rings. The number of aliphatic hydroxyl groups excluding tert-OH is 1. The van der Waals surface area contributed by atoms with E-state index in [0.29, 0.717) is 12.8 Å². The Morgan fingerprint density at radius 1 is 1.18 bits per heavy atom. The highest BCUT2D eigenvalue weighted by molar-refractivity contribution is 5.28. The molecule has 1 aromatic carbocycles. The maximum Gasteiger partial charge on any atom is 0.203 e. The van der Waals surface area contributed by atoms with Crippen molar-refractivity contribution < 1.29 is 27.4 Å². The van der Waals surface area contributed by atoms with Gasteiger partial charge in [-0.2, -0.15) is 8.78 Å². The highest BCUT2D eigenvalue weighted by atomic mass is 19.2. The Balaban J connectivity index is 2.70. The van der Waals surface area contributed by atoms with Crippen molar-refractivity contribution in [3.05, 3.63) is 29.3 Å². The van der Waals surface area contributed by atoms with Crippen LogP contribution in [-0.2, 0) is 0 Å². The van der Waals surface area contributed by atoms with Crippen molar-refractivity contribution in [3.8, 4) is 5.75 Å². The maximum atomic E-state index is 13.1. The van der Waals surface area contributed by atoms with Gasteiger partial charge >= 0.3 is 0 Å². The van der Waals surface area contributed by atoms with Crippen LogP contribution in [0.3, 0.4) is 0 Å². The van der Waals surface area contributed by atoms with Crippen molar-refractivity contribution >= 4 is 0 Å². The molecule has 1 unspecified atom stereocenters. The highest BCUT2D eigenvalue weighted by Gasteiger charge is 2.20. The molecule has 96 valence electrons. The van der Waals surface area contributed by atoms with Crippen molar-refractivity contribution in [1.29, 1.82) is 0 Å². The second-order valence-electron chi connectivity index (χ2n) is 3.64. The summed E-state index contributed by atoms with van der Waals surface area (Å²) >= 11 is 0. The van der Waals surface area contributed by atoms with Gasteiger partial charge in [0.25, 0.3) is 0 Å². The molecule has 0 aliphatic carbocycles. The number of benzene rings is 1. The lowest BCUT2D eigenvalue weighted by atomic mass is 10.2. The first kappa shape index (κ1) is 13.8. The van der Waals surface area contributed by atoms with Crippen molar-refractivity contribution in [2.24, 2.45) is 0 Å². The summed E-state index contributed by atoms with van der Waals surface area (Å²) in [5.41, 5.74) is 0. The molecule has 0 heterocycles. The minimum atomic E-state index is -1.55. The molecule has 0 aliphatic heterocycles. The molecule has 0 bridgehead atoms. The second-order valence-corrected chi connectivity index (χ2v) is 3.64. The number of ether oxygens (including phenoxy) is 1. The summed E-state index contributed by atoms with van der Waals surface area (Å²) in [6.45, 7) is 1.41. The number of hydrogen-bond donors (Lipinski definition) is 1. The fraction of sp³-hybridized carbons (Fsp3) is 0.455. The molecule has 0 fully saturated rings. The molecule has 17 heavy (non-hydrogen) atoms.